The number of amides is 2. The molecule has 3 fully saturated rings. The van der Waals surface area contributed by atoms with Gasteiger partial charge in [0.2, 0.25) is 11.8 Å². The van der Waals surface area contributed by atoms with E-state index in [1.165, 1.54) is 0 Å². The minimum absolute atomic E-state index is 0.149. The molecular formula is C14H22N2O2. The highest BCUT2D eigenvalue weighted by molar-refractivity contribution is 5.81. The lowest BCUT2D eigenvalue weighted by atomic mass is 9.81. The van der Waals surface area contributed by atoms with Crippen LogP contribution >= 0.6 is 0 Å². The molecule has 4 nitrogen and oxygen atoms in total. The first-order valence-corrected chi connectivity index (χ1v) is 7.33. The molecular weight excluding hydrogens is 228 g/mol. The zero-order chi connectivity index (χ0) is 12.5. The van der Waals surface area contributed by atoms with Crippen LogP contribution in [-0.2, 0) is 9.59 Å². The van der Waals surface area contributed by atoms with Crippen LogP contribution in [0, 0.1) is 11.8 Å². The molecule has 0 unspecified atom stereocenters. The molecule has 100 valence electrons. The average molecular weight is 250 g/mol. The lowest BCUT2D eigenvalue weighted by molar-refractivity contribution is -0.130. The molecule has 0 aromatic carbocycles. The van der Waals surface area contributed by atoms with Crippen LogP contribution in [0.3, 0.4) is 0 Å². The van der Waals surface area contributed by atoms with Crippen molar-refractivity contribution in [3.8, 4) is 0 Å². The van der Waals surface area contributed by atoms with Gasteiger partial charge >= 0.3 is 0 Å². The summed E-state index contributed by atoms with van der Waals surface area (Å²) in [5.74, 6) is 0.739. The van der Waals surface area contributed by atoms with Crippen molar-refractivity contribution >= 4 is 11.8 Å². The summed E-state index contributed by atoms with van der Waals surface area (Å²) in [5.41, 5.74) is 0. The predicted octanol–water partition coefficient (Wildman–Crippen LogP) is 1.35. The Bertz CT molecular complexity index is 306. The Morgan fingerprint density at radius 2 is 0.944 bits per heavy atom. The van der Waals surface area contributed by atoms with Crippen LogP contribution in [0.1, 0.15) is 51.4 Å². The lowest BCUT2D eigenvalue weighted by Crippen LogP contribution is -2.38. The van der Waals surface area contributed by atoms with Crippen molar-refractivity contribution in [1.82, 2.24) is 10.6 Å². The molecule has 0 saturated heterocycles. The van der Waals surface area contributed by atoms with Gasteiger partial charge in [-0.05, 0) is 51.4 Å². The molecule has 3 aliphatic carbocycles. The molecule has 18 heavy (non-hydrogen) atoms. The zero-order valence-electron chi connectivity index (χ0n) is 10.8. The fourth-order valence-electron chi connectivity index (χ4n) is 2.71. The van der Waals surface area contributed by atoms with Crippen LogP contribution in [-0.4, -0.2) is 23.9 Å². The molecule has 2 N–H and O–H groups in total. The SMILES string of the molecule is O=C(NC1CC1)C1CCC(C(=O)NC2CC2)CC1. The Labute approximate surface area is 108 Å². The van der Waals surface area contributed by atoms with Gasteiger partial charge in [0.1, 0.15) is 0 Å². The van der Waals surface area contributed by atoms with E-state index in [9.17, 15) is 9.59 Å². The third-order valence-corrected chi connectivity index (χ3v) is 4.32. The summed E-state index contributed by atoms with van der Waals surface area (Å²) in [4.78, 5) is 23.8. The molecule has 2 amide bonds. The molecule has 0 heterocycles. The van der Waals surface area contributed by atoms with E-state index in [0.29, 0.717) is 12.1 Å². The maximum atomic E-state index is 11.9. The van der Waals surface area contributed by atoms with Gasteiger partial charge in [0.25, 0.3) is 0 Å². The van der Waals surface area contributed by atoms with Crippen molar-refractivity contribution < 1.29 is 9.59 Å². The monoisotopic (exact) mass is 250 g/mol. The van der Waals surface area contributed by atoms with Crippen LogP contribution < -0.4 is 10.6 Å². The molecule has 0 aromatic rings. The third-order valence-electron chi connectivity index (χ3n) is 4.32. The Kier molecular flexibility index (Phi) is 3.27. The molecule has 0 aliphatic heterocycles. The van der Waals surface area contributed by atoms with Gasteiger partial charge in [0, 0.05) is 23.9 Å². The Balaban J connectivity index is 1.41. The summed E-state index contributed by atoms with van der Waals surface area (Å²) < 4.78 is 0. The summed E-state index contributed by atoms with van der Waals surface area (Å²) in [7, 11) is 0. The minimum Gasteiger partial charge on any atom is -0.353 e. The summed E-state index contributed by atoms with van der Waals surface area (Å²) in [5, 5.41) is 6.14. The fraction of sp³-hybridized carbons (Fsp3) is 0.857. The van der Waals surface area contributed by atoms with Gasteiger partial charge < -0.3 is 10.6 Å². The molecule has 0 radical (unpaired) electrons. The Hall–Kier alpha value is -1.06. The van der Waals surface area contributed by atoms with E-state index in [-0.39, 0.29) is 23.7 Å². The number of rotatable bonds is 4. The van der Waals surface area contributed by atoms with Crippen molar-refractivity contribution in [2.75, 3.05) is 0 Å². The molecule has 3 rings (SSSR count). The van der Waals surface area contributed by atoms with E-state index in [4.69, 9.17) is 0 Å². The number of carbonyl (C=O) groups is 2. The second-order valence-corrected chi connectivity index (χ2v) is 6.11. The van der Waals surface area contributed by atoms with E-state index in [1.807, 2.05) is 0 Å². The van der Waals surface area contributed by atoms with Crippen molar-refractivity contribution in [1.29, 1.82) is 0 Å². The van der Waals surface area contributed by atoms with E-state index in [1.54, 1.807) is 0 Å². The largest absolute Gasteiger partial charge is 0.353 e. The second-order valence-electron chi connectivity index (χ2n) is 6.11. The quantitative estimate of drug-likeness (QED) is 0.791. The Morgan fingerprint density at radius 1 is 0.611 bits per heavy atom. The molecule has 3 aliphatic rings. The molecule has 3 saturated carbocycles. The van der Waals surface area contributed by atoms with E-state index >= 15 is 0 Å². The molecule has 0 spiro atoms. The van der Waals surface area contributed by atoms with Crippen LogP contribution in [0.2, 0.25) is 0 Å². The van der Waals surface area contributed by atoms with Gasteiger partial charge in [0.15, 0.2) is 0 Å². The number of nitrogens with one attached hydrogen (secondary N) is 2. The average Bonchev–Trinajstić information content (AvgIpc) is 3.25. The highest BCUT2D eigenvalue weighted by Crippen LogP contribution is 2.31. The zero-order valence-corrected chi connectivity index (χ0v) is 10.8. The molecule has 0 atom stereocenters. The van der Waals surface area contributed by atoms with Gasteiger partial charge in [-0.1, -0.05) is 0 Å². The first-order chi connectivity index (χ1) is 8.72. The first-order valence-electron chi connectivity index (χ1n) is 7.33. The number of carbonyl (C=O) groups excluding carboxylic acids is 2. The molecule has 4 heteroatoms. The third kappa shape index (κ3) is 3.03. The molecule has 0 aromatic heterocycles. The first kappa shape index (κ1) is 12.0. The van der Waals surface area contributed by atoms with Gasteiger partial charge in [-0.3, -0.25) is 9.59 Å². The van der Waals surface area contributed by atoms with Crippen molar-refractivity contribution in [2.45, 2.75) is 63.5 Å². The topological polar surface area (TPSA) is 58.2 Å². The van der Waals surface area contributed by atoms with E-state index in [2.05, 4.69) is 10.6 Å². The summed E-state index contributed by atoms with van der Waals surface area (Å²) in [6.07, 6.45) is 8.08. The second kappa shape index (κ2) is 4.90. The number of hydrogen-bond acceptors (Lipinski definition) is 2. The van der Waals surface area contributed by atoms with Crippen LogP contribution in [0.15, 0.2) is 0 Å². The van der Waals surface area contributed by atoms with Gasteiger partial charge in [0.05, 0.1) is 0 Å². The standard InChI is InChI=1S/C14H22N2O2/c17-13(15-11-5-6-11)9-1-2-10(4-3-9)14(18)16-12-7-8-12/h9-12H,1-8H2,(H,15,17)(H,16,18). The lowest BCUT2D eigenvalue weighted by Gasteiger charge is -2.27. The maximum Gasteiger partial charge on any atom is 0.223 e. The van der Waals surface area contributed by atoms with Crippen molar-refractivity contribution in [3.63, 3.8) is 0 Å². The van der Waals surface area contributed by atoms with Crippen LogP contribution in [0.25, 0.3) is 0 Å². The van der Waals surface area contributed by atoms with E-state index < -0.39 is 0 Å². The smallest absolute Gasteiger partial charge is 0.223 e. The minimum atomic E-state index is 0.149. The van der Waals surface area contributed by atoms with Crippen LogP contribution in [0.5, 0.6) is 0 Å². The predicted molar refractivity (Wildman–Crippen MR) is 67.8 cm³/mol. The Morgan fingerprint density at radius 3 is 1.22 bits per heavy atom. The summed E-state index contributed by atoms with van der Waals surface area (Å²) in [6.45, 7) is 0. The highest BCUT2D eigenvalue weighted by Gasteiger charge is 2.34. The number of hydrogen-bond donors (Lipinski definition) is 2. The normalized spacial score (nSPS) is 31.8. The van der Waals surface area contributed by atoms with E-state index in [0.717, 1.165) is 51.4 Å². The highest BCUT2D eigenvalue weighted by atomic mass is 16.2. The summed E-state index contributed by atoms with van der Waals surface area (Å²) in [6, 6.07) is 0.904. The van der Waals surface area contributed by atoms with Crippen LogP contribution in [0.4, 0.5) is 0 Å². The maximum absolute atomic E-state index is 11.9. The van der Waals surface area contributed by atoms with Crippen molar-refractivity contribution in [3.05, 3.63) is 0 Å². The van der Waals surface area contributed by atoms with Gasteiger partial charge in [-0.25, -0.2) is 0 Å². The van der Waals surface area contributed by atoms with Crippen molar-refractivity contribution in [2.24, 2.45) is 11.8 Å². The van der Waals surface area contributed by atoms with Gasteiger partial charge in [-0.2, -0.15) is 0 Å². The molecule has 0 bridgehead atoms. The van der Waals surface area contributed by atoms with Gasteiger partial charge in [-0.15, -0.1) is 0 Å². The fourth-order valence-corrected chi connectivity index (χ4v) is 2.71. The summed E-state index contributed by atoms with van der Waals surface area (Å²) >= 11 is 0.